The van der Waals surface area contributed by atoms with Gasteiger partial charge in [0.2, 0.25) is 18.3 Å². The first-order valence-corrected chi connectivity index (χ1v) is 11.9. The summed E-state index contributed by atoms with van der Waals surface area (Å²) in [6.45, 7) is 3.66. The average molecular weight is 572 g/mol. The molecule has 1 N–H and O–H groups in total. The molecule has 218 valence electrons. The third-order valence-corrected chi connectivity index (χ3v) is 5.51. The van der Waals surface area contributed by atoms with Gasteiger partial charge in [0.1, 0.15) is 18.4 Å². The largest absolute Gasteiger partial charge is 0.463 e. The van der Waals surface area contributed by atoms with Crippen molar-refractivity contribution in [2.75, 3.05) is 6.61 Å². The first-order chi connectivity index (χ1) is 18.8. The van der Waals surface area contributed by atoms with E-state index in [0.29, 0.717) is 5.56 Å². The molecule has 0 bridgehead atoms. The average Bonchev–Trinajstić information content (AvgIpc) is 3.24. The second-order valence-electron chi connectivity index (χ2n) is 8.73. The Morgan fingerprint density at radius 3 is 2.00 bits per heavy atom. The maximum Gasteiger partial charge on any atom is 0.433 e. The number of carbonyl (C=O) groups excluding carboxylic acids is 4. The number of ether oxygens (including phenoxy) is 6. The molecule has 12 nitrogen and oxygen atoms in total. The monoisotopic (exact) mass is 572 g/mol. The number of rotatable bonds is 9. The van der Waals surface area contributed by atoms with E-state index in [0.717, 1.165) is 27.7 Å². The Hall–Kier alpha value is -4.14. The minimum atomic E-state index is -4.83. The summed E-state index contributed by atoms with van der Waals surface area (Å²) >= 11 is 0. The number of H-pyrrole nitrogens is 1. The van der Waals surface area contributed by atoms with E-state index in [1.807, 2.05) is 5.10 Å². The van der Waals surface area contributed by atoms with Crippen LogP contribution in [0.2, 0.25) is 0 Å². The molecule has 40 heavy (non-hydrogen) atoms. The van der Waals surface area contributed by atoms with E-state index in [-0.39, 0.29) is 12.0 Å². The van der Waals surface area contributed by atoms with Crippen LogP contribution in [-0.2, 0) is 55.5 Å². The summed E-state index contributed by atoms with van der Waals surface area (Å²) in [5, 5.41) is 5.59. The molecule has 1 aromatic carbocycles. The smallest absolute Gasteiger partial charge is 0.433 e. The van der Waals surface area contributed by atoms with E-state index in [2.05, 4.69) is 5.10 Å². The Morgan fingerprint density at radius 1 is 0.875 bits per heavy atom. The predicted octanol–water partition coefficient (Wildman–Crippen LogP) is 2.48. The Morgan fingerprint density at radius 2 is 1.45 bits per heavy atom. The number of benzene rings is 1. The van der Waals surface area contributed by atoms with E-state index in [4.69, 9.17) is 28.4 Å². The van der Waals surface area contributed by atoms with Gasteiger partial charge in [0.05, 0.1) is 5.56 Å². The highest BCUT2D eigenvalue weighted by molar-refractivity contribution is 5.68. The zero-order chi connectivity index (χ0) is 29.6. The Labute approximate surface area is 226 Å². The highest BCUT2D eigenvalue weighted by Gasteiger charge is 2.54. The second kappa shape index (κ2) is 12.8. The quantitative estimate of drug-likeness (QED) is 0.348. The van der Waals surface area contributed by atoms with Gasteiger partial charge in [-0.3, -0.25) is 24.3 Å². The topological polar surface area (TPSA) is 152 Å². The summed E-state index contributed by atoms with van der Waals surface area (Å²) in [6, 6.07) is 8.18. The molecule has 3 rings (SSSR count). The number of alkyl halides is 3. The number of hydrogen-bond donors (Lipinski definition) is 1. The molecule has 0 saturated carbocycles. The van der Waals surface area contributed by atoms with Crippen LogP contribution >= 0.6 is 0 Å². The molecule has 1 aliphatic heterocycles. The molecule has 1 aliphatic rings. The molecule has 1 aromatic heterocycles. The van der Waals surface area contributed by atoms with Crippen molar-refractivity contribution >= 4 is 23.9 Å². The summed E-state index contributed by atoms with van der Waals surface area (Å²) in [5.74, 6) is -3.90. The number of aromatic nitrogens is 2. The SMILES string of the molecule is CC(=O)OC[C@H]1OC(Oc2n[nH]c(C(F)(F)F)c2Cc2ccccc2)[C@H](OC(C)=O)[C@@H](OC(C)=O)[C@@H]1OC(C)=O. The normalized spacial score (nSPS) is 22.6. The number of carbonyl (C=O) groups is 4. The lowest BCUT2D eigenvalue weighted by molar-refractivity contribution is -0.289. The first-order valence-electron chi connectivity index (χ1n) is 11.9. The van der Waals surface area contributed by atoms with Crippen LogP contribution in [0.25, 0.3) is 0 Å². The standard InChI is InChI=1S/C25H27F3N2O10/c1-12(31)35-11-18-19(36-13(2)32)20(37-14(3)33)21(38-15(4)34)24(39-18)40-23-17(10-16-8-6-5-7-9-16)22(29-30-23)25(26,27)28/h5-9,18-21,24H,10-11H2,1-4H3,(H,29,30)/t18-,19-,20+,21-,24?/m1/s1. The van der Waals surface area contributed by atoms with E-state index in [1.165, 1.54) is 0 Å². The molecule has 0 radical (unpaired) electrons. The number of esters is 4. The van der Waals surface area contributed by atoms with Crippen LogP contribution in [0.1, 0.15) is 44.5 Å². The summed E-state index contributed by atoms with van der Waals surface area (Å²) in [4.78, 5) is 47.3. The van der Waals surface area contributed by atoms with E-state index < -0.39 is 78.9 Å². The predicted molar refractivity (Wildman–Crippen MR) is 125 cm³/mol. The summed E-state index contributed by atoms with van der Waals surface area (Å²) in [6.07, 6.45) is -12.9. The van der Waals surface area contributed by atoms with Gasteiger partial charge in [-0.15, -0.1) is 5.10 Å². The molecule has 1 fully saturated rings. The van der Waals surface area contributed by atoms with Crippen molar-refractivity contribution in [3.63, 3.8) is 0 Å². The lowest BCUT2D eigenvalue weighted by Gasteiger charge is -2.43. The Kier molecular flexibility index (Phi) is 9.74. The van der Waals surface area contributed by atoms with Crippen LogP contribution in [0.15, 0.2) is 30.3 Å². The zero-order valence-corrected chi connectivity index (χ0v) is 21.9. The van der Waals surface area contributed by atoms with Crippen molar-refractivity contribution in [2.24, 2.45) is 0 Å². The number of nitrogens with zero attached hydrogens (tertiary/aromatic N) is 1. The molecule has 5 atom stereocenters. The van der Waals surface area contributed by atoms with Gasteiger partial charge >= 0.3 is 30.1 Å². The molecule has 0 spiro atoms. The van der Waals surface area contributed by atoms with Crippen molar-refractivity contribution in [2.45, 2.75) is 71.0 Å². The highest BCUT2D eigenvalue weighted by atomic mass is 19.4. The first kappa shape index (κ1) is 30.4. The lowest BCUT2D eigenvalue weighted by Crippen LogP contribution is -2.63. The fourth-order valence-electron chi connectivity index (χ4n) is 4.04. The van der Waals surface area contributed by atoms with Gasteiger partial charge < -0.3 is 28.4 Å². The van der Waals surface area contributed by atoms with Crippen LogP contribution in [0, 0.1) is 0 Å². The van der Waals surface area contributed by atoms with Crippen LogP contribution in [0.5, 0.6) is 5.88 Å². The maximum absolute atomic E-state index is 13.8. The fraction of sp³-hybridized carbons (Fsp3) is 0.480. The molecule has 2 heterocycles. The molecule has 15 heteroatoms. The molecule has 0 aliphatic carbocycles. The van der Waals surface area contributed by atoms with Crippen molar-refractivity contribution in [3.05, 3.63) is 47.2 Å². The minimum Gasteiger partial charge on any atom is -0.463 e. The highest BCUT2D eigenvalue weighted by Crippen LogP contribution is 2.37. The summed E-state index contributed by atoms with van der Waals surface area (Å²) in [7, 11) is 0. The third kappa shape index (κ3) is 7.94. The van der Waals surface area contributed by atoms with Crippen molar-refractivity contribution in [1.82, 2.24) is 10.2 Å². The zero-order valence-electron chi connectivity index (χ0n) is 21.9. The molecule has 1 unspecified atom stereocenters. The number of nitrogens with one attached hydrogen (secondary N) is 1. The Balaban J connectivity index is 2.07. The van der Waals surface area contributed by atoms with Crippen LogP contribution < -0.4 is 4.74 Å². The lowest BCUT2D eigenvalue weighted by atomic mass is 9.98. The number of hydrogen-bond acceptors (Lipinski definition) is 11. The van der Waals surface area contributed by atoms with Gasteiger partial charge in [-0.25, -0.2) is 0 Å². The van der Waals surface area contributed by atoms with E-state index in [1.54, 1.807) is 30.3 Å². The fourth-order valence-corrected chi connectivity index (χ4v) is 4.04. The minimum absolute atomic E-state index is 0.257. The van der Waals surface area contributed by atoms with E-state index in [9.17, 15) is 32.3 Å². The van der Waals surface area contributed by atoms with Crippen molar-refractivity contribution < 1.29 is 60.8 Å². The van der Waals surface area contributed by atoms with Crippen LogP contribution in [0.3, 0.4) is 0 Å². The van der Waals surface area contributed by atoms with Crippen LogP contribution in [-0.4, -0.2) is 71.4 Å². The van der Waals surface area contributed by atoms with E-state index >= 15 is 0 Å². The molecular weight excluding hydrogens is 545 g/mol. The van der Waals surface area contributed by atoms with Gasteiger partial charge in [0, 0.05) is 34.1 Å². The van der Waals surface area contributed by atoms with Gasteiger partial charge in [0.15, 0.2) is 12.2 Å². The summed E-state index contributed by atoms with van der Waals surface area (Å²) < 4.78 is 73.8. The van der Waals surface area contributed by atoms with Crippen LogP contribution in [0.4, 0.5) is 13.2 Å². The third-order valence-electron chi connectivity index (χ3n) is 5.51. The van der Waals surface area contributed by atoms with Crippen molar-refractivity contribution in [3.8, 4) is 5.88 Å². The number of halogens is 3. The second-order valence-corrected chi connectivity index (χ2v) is 8.73. The maximum atomic E-state index is 13.8. The number of aromatic amines is 1. The molecule has 1 saturated heterocycles. The molecule has 2 aromatic rings. The Bertz CT molecular complexity index is 1220. The van der Waals surface area contributed by atoms with Gasteiger partial charge in [0.25, 0.3) is 0 Å². The summed E-state index contributed by atoms with van der Waals surface area (Å²) in [5.41, 5.74) is -1.07. The molecular formula is C25H27F3N2O10. The van der Waals surface area contributed by atoms with Crippen molar-refractivity contribution in [1.29, 1.82) is 0 Å². The van der Waals surface area contributed by atoms with Gasteiger partial charge in [-0.2, -0.15) is 13.2 Å². The molecule has 0 amide bonds. The van der Waals surface area contributed by atoms with Gasteiger partial charge in [-0.1, -0.05) is 30.3 Å². The van der Waals surface area contributed by atoms with Gasteiger partial charge in [-0.05, 0) is 5.56 Å².